The molecule has 8 heteroatoms. The molecule has 0 bridgehead atoms. The first-order valence-corrected chi connectivity index (χ1v) is 2.27. The Balaban J connectivity index is -0.000000107. The maximum Gasteiger partial charge on any atom is 1.00 e. The van der Waals surface area contributed by atoms with Gasteiger partial charge in [-0.25, -0.2) is 0 Å². The van der Waals surface area contributed by atoms with E-state index in [-0.39, 0.29) is 77.7 Å². The summed E-state index contributed by atoms with van der Waals surface area (Å²) in [6, 6.07) is 0. The quantitative estimate of drug-likeness (QED) is 0.387. The Morgan fingerprint density at radius 3 is 1.42 bits per heavy atom. The number of rotatable bonds is 4. The van der Waals surface area contributed by atoms with E-state index in [2.05, 4.69) is 5.32 Å². The van der Waals surface area contributed by atoms with Gasteiger partial charge in [0.15, 0.2) is 0 Å². The second-order valence-electron chi connectivity index (χ2n) is 1.39. The van der Waals surface area contributed by atoms with Crippen LogP contribution < -0.4 is 64.4 Å². The summed E-state index contributed by atoms with van der Waals surface area (Å²) in [5.74, 6) is -2.12. The molecule has 0 aromatic carbocycles. The SMILES string of the molecule is O.O=C(O)CNCC(=O)O.[Na+].[Na+]. The van der Waals surface area contributed by atoms with Crippen molar-refractivity contribution in [1.82, 2.24) is 5.32 Å². The Hall–Kier alpha value is 0.860. The molecule has 0 saturated carbocycles. The third kappa shape index (κ3) is 22.4. The summed E-state index contributed by atoms with van der Waals surface area (Å²) >= 11 is 0. The van der Waals surface area contributed by atoms with Gasteiger partial charge in [0, 0.05) is 0 Å². The number of carboxylic acids is 2. The molecule has 0 atom stereocenters. The molecule has 0 aromatic heterocycles. The van der Waals surface area contributed by atoms with Crippen LogP contribution in [0.4, 0.5) is 0 Å². The normalized spacial score (nSPS) is 6.67. The van der Waals surface area contributed by atoms with Crippen LogP contribution in [0.5, 0.6) is 0 Å². The minimum absolute atomic E-state index is 0. The van der Waals surface area contributed by atoms with Gasteiger partial charge in [0.1, 0.15) is 0 Å². The van der Waals surface area contributed by atoms with Crippen molar-refractivity contribution in [3.05, 3.63) is 0 Å². The van der Waals surface area contributed by atoms with E-state index in [0.717, 1.165) is 0 Å². The second-order valence-corrected chi connectivity index (χ2v) is 1.39. The summed E-state index contributed by atoms with van der Waals surface area (Å²) in [6.07, 6.45) is 0. The Bertz CT molecular complexity index is 117. The van der Waals surface area contributed by atoms with Crippen molar-refractivity contribution in [2.45, 2.75) is 0 Å². The molecule has 0 saturated heterocycles. The zero-order chi connectivity index (χ0) is 7.28. The molecule has 5 N–H and O–H groups in total. The smallest absolute Gasteiger partial charge is 0.480 e. The zero-order valence-corrected chi connectivity index (χ0v) is 11.1. The van der Waals surface area contributed by atoms with E-state index < -0.39 is 11.9 Å². The van der Waals surface area contributed by atoms with Crippen molar-refractivity contribution in [3.63, 3.8) is 0 Å². The zero-order valence-electron chi connectivity index (χ0n) is 7.13. The molecule has 0 radical (unpaired) electrons. The summed E-state index contributed by atoms with van der Waals surface area (Å²) in [5.41, 5.74) is 0. The van der Waals surface area contributed by atoms with Gasteiger partial charge in [-0.2, -0.15) is 0 Å². The second kappa shape index (κ2) is 14.4. The minimum Gasteiger partial charge on any atom is -0.480 e. The molecule has 0 fully saturated rings. The Morgan fingerprint density at radius 1 is 1.00 bits per heavy atom. The summed E-state index contributed by atoms with van der Waals surface area (Å²) in [5, 5.41) is 18.1. The predicted molar refractivity (Wildman–Crippen MR) is 31.8 cm³/mol. The van der Waals surface area contributed by atoms with Gasteiger partial charge < -0.3 is 15.7 Å². The van der Waals surface area contributed by atoms with Gasteiger partial charge in [-0.3, -0.25) is 14.9 Å². The van der Waals surface area contributed by atoms with Crippen LogP contribution in [0.1, 0.15) is 0 Å². The van der Waals surface area contributed by atoms with Crippen molar-refractivity contribution in [2.75, 3.05) is 13.1 Å². The third-order valence-corrected chi connectivity index (χ3v) is 0.552. The Morgan fingerprint density at radius 2 is 1.25 bits per heavy atom. The maximum atomic E-state index is 9.73. The van der Waals surface area contributed by atoms with Crippen LogP contribution in [0.15, 0.2) is 0 Å². The number of hydrogen-bond acceptors (Lipinski definition) is 3. The van der Waals surface area contributed by atoms with Crippen LogP contribution in [0, 0.1) is 0 Å². The fraction of sp³-hybridized carbons (Fsp3) is 0.500. The predicted octanol–water partition coefficient (Wildman–Crippen LogP) is -8.07. The van der Waals surface area contributed by atoms with Crippen LogP contribution in [-0.2, 0) is 9.59 Å². The first kappa shape index (κ1) is 23.0. The minimum atomic E-state index is -1.06. The van der Waals surface area contributed by atoms with E-state index in [1.165, 1.54) is 0 Å². The van der Waals surface area contributed by atoms with E-state index >= 15 is 0 Å². The van der Waals surface area contributed by atoms with Crippen LogP contribution in [0.25, 0.3) is 0 Å². The van der Waals surface area contributed by atoms with Gasteiger partial charge in [-0.05, 0) is 0 Å². The van der Waals surface area contributed by atoms with Crippen molar-refractivity contribution < 1.29 is 84.4 Å². The van der Waals surface area contributed by atoms with Crippen molar-refractivity contribution in [3.8, 4) is 0 Å². The summed E-state index contributed by atoms with van der Waals surface area (Å²) in [6.45, 7) is -0.626. The number of hydrogen-bond donors (Lipinski definition) is 3. The van der Waals surface area contributed by atoms with Gasteiger partial charge in [0.25, 0.3) is 0 Å². The van der Waals surface area contributed by atoms with E-state index in [1.807, 2.05) is 0 Å². The molecular formula is C4H9NNa2O5+2. The number of carboxylic acid groups (broad SMARTS) is 2. The van der Waals surface area contributed by atoms with Crippen molar-refractivity contribution >= 4 is 11.9 Å². The van der Waals surface area contributed by atoms with Crippen LogP contribution in [-0.4, -0.2) is 40.7 Å². The Kier molecular flexibility index (Phi) is 27.6. The van der Waals surface area contributed by atoms with Crippen LogP contribution in [0.3, 0.4) is 0 Å². The molecule has 0 heterocycles. The van der Waals surface area contributed by atoms with E-state index in [4.69, 9.17) is 10.2 Å². The Labute approximate surface area is 114 Å². The molecule has 0 amide bonds. The fourth-order valence-corrected chi connectivity index (χ4v) is 0.276. The van der Waals surface area contributed by atoms with Gasteiger partial charge in [-0.1, -0.05) is 0 Å². The molecule has 0 aromatic rings. The number of carbonyl (C=O) groups is 2. The molecule has 6 nitrogen and oxygen atoms in total. The summed E-state index contributed by atoms with van der Waals surface area (Å²) < 4.78 is 0. The summed E-state index contributed by atoms with van der Waals surface area (Å²) in [4.78, 5) is 19.5. The molecule has 60 valence electrons. The average molecular weight is 197 g/mol. The molecule has 0 aliphatic carbocycles. The molecule has 0 aliphatic heterocycles. The first-order chi connectivity index (χ1) is 4.13. The van der Waals surface area contributed by atoms with Gasteiger partial charge in [0.2, 0.25) is 0 Å². The van der Waals surface area contributed by atoms with E-state index in [1.54, 1.807) is 0 Å². The van der Waals surface area contributed by atoms with Crippen molar-refractivity contribution in [2.24, 2.45) is 0 Å². The standard InChI is InChI=1S/C4H7NO4.2Na.H2O/c6-3(7)1-5-2-4(8)9;;;/h5H,1-2H2,(H,6,7)(H,8,9);;;1H2/q;2*+1;. The fourth-order valence-electron chi connectivity index (χ4n) is 0.276. The van der Waals surface area contributed by atoms with Crippen LogP contribution >= 0.6 is 0 Å². The van der Waals surface area contributed by atoms with Crippen molar-refractivity contribution in [1.29, 1.82) is 0 Å². The van der Waals surface area contributed by atoms with Gasteiger partial charge in [-0.15, -0.1) is 0 Å². The van der Waals surface area contributed by atoms with Gasteiger partial charge in [0.05, 0.1) is 13.1 Å². The number of aliphatic carboxylic acids is 2. The average Bonchev–Trinajstić information content (AvgIpc) is 1.63. The largest absolute Gasteiger partial charge is 1.00 e. The maximum absolute atomic E-state index is 9.73. The topological polar surface area (TPSA) is 118 Å². The van der Waals surface area contributed by atoms with E-state index in [0.29, 0.717) is 0 Å². The van der Waals surface area contributed by atoms with E-state index in [9.17, 15) is 9.59 Å². The first-order valence-electron chi connectivity index (χ1n) is 2.27. The molecule has 0 rings (SSSR count). The third-order valence-electron chi connectivity index (χ3n) is 0.552. The number of nitrogens with one attached hydrogen (secondary N) is 1. The molecule has 0 unspecified atom stereocenters. The van der Waals surface area contributed by atoms with Gasteiger partial charge >= 0.3 is 71.1 Å². The molecular weight excluding hydrogens is 188 g/mol. The monoisotopic (exact) mass is 197 g/mol. The molecule has 12 heavy (non-hydrogen) atoms. The van der Waals surface area contributed by atoms with Crippen LogP contribution in [0.2, 0.25) is 0 Å². The molecule has 0 aliphatic rings. The summed E-state index contributed by atoms with van der Waals surface area (Å²) in [7, 11) is 0. The molecule has 0 spiro atoms.